The maximum atomic E-state index is 9.87. The quantitative estimate of drug-likeness (QED) is 0.178. The number of nitrogens with zero attached hydrogens (tertiary/aromatic N) is 3. The van der Waals surface area contributed by atoms with E-state index in [9.17, 15) is 5.26 Å². The second-order valence-corrected chi connectivity index (χ2v) is 20.0. The predicted octanol–water partition coefficient (Wildman–Crippen LogP) is 14.6. The average Bonchev–Trinajstić information content (AvgIpc) is 3.64. The molecule has 0 unspecified atom stereocenters. The van der Waals surface area contributed by atoms with E-state index < -0.39 is 0 Å². The topological polar surface area (TPSA) is 33.6 Å². The molecule has 0 fully saturated rings. The van der Waals surface area contributed by atoms with Crippen LogP contribution < -0.4 is 0 Å². The Bertz CT molecular complexity index is 2710. The number of hydrogen-bond acceptors (Lipinski definition) is 1. The van der Waals surface area contributed by atoms with Gasteiger partial charge in [0.2, 0.25) is 0 Å². The van der Waals surface area contributed by atoms with E-state index in [1.165, 1.54) is 65.9 Å². The van der Waals surface area contributed by atoms with Crippen molar-refractivity contribution in [3.8, 4) is 28.6 Å². The van der Waals surface area contributed by atoms with Crippen LogP contribution in [0.5, 0.6) is 0 Å². The average molecular weight is 734 g/mol. The largest absolute Gasteiger partial charge is 0.309 e. The van der Waals surface area contributed by atoms with Crippen LogP contribution in [0.15, 0.2) is 115 Å². The van der Waals surface area contributed by atoms with Gasteiger partial charge in [-0.05, 0) is 110 Å². The van der Waals surface area contributed by atoms with Gasteiger partial charge >= 0.3 is 0 Å². The lowest BCUT2D eigenvalue weighted by Crippen LogP contribution is -2.11. The van der Waals surface area contributed by atoms with Crippen LogP contribution in [0.2, 0.25) is 0 Å². The Balaban J connectivity index is 1.55. The summed E-state index contributed by atoms with van der Waals surface area (Å²) in [5, 5.41) is 14.9. The summed E-state index contributed by atoms with van der Waals surface area (Å²) in [5.41, 5.74) is 15.0. The van der Waals surface area contributed by atoms with Gasteiger partial charge in [-0.3, -0.25) is 0 Å². The zero-order valence-electron chi connectivity index (χ0n) is 35.3. The smallest absolute Gasteiger partial charge is 0.0991 e. The minimum atomic E-state index is -0.0243. The fourth-order valence-corrected chi connectivity index (χ4v) is 8.34. The summed E-state index contributed by atoms with van der Waals surface area (Å²) in [7, 11) is 0. The SMILES string of the molecule is CC(C)(C)c1ccc2c(c1)c1ccc(C(C)(C)C)cc1n2-c1cccc(-n2c3ccc(C(C)(C)C)cc3c3ccc(C(C)(C)C)cc32)c1-c1ccc(C#N)cc1. The molecule has 0 bridgehead atoms. The maximum Gasteiger partial charge on any atom is 0.0991 e. The van der Waals surface area contributed by atoms with Gasteiger partial charge in [0.1, 0.15) is 0 Å². The summed E-state index contributed by atoms with van der Waals surface area (Å²) in [6, 6.07) is 45.5. The van der Waals surface area contributed by atoms with Crippen molar-refractivity contribution in [1.82, 2.24) is 9.13 Å². The number of aromatic nitrogens is 2. The van der Waals surface area contributed by atoms with Gasteiger partial charge in [-0.1, -0.05) is 138 Å². The van der Waals surface area contributed by atoms with Crippen LogP contribution in [0, 0.1) is 11.3 Å². The minimum absolute atomic E-state index is 0.0107. The second kappa shape index (κ2) is 12.7. The molecule has 56 heavy (non-hydrogen) atoms. The monoisotopic (exact) mass is 733 g/mol. The van der Waals surface area contributed by atoms with E-state index in [2.05, 4.69) is 201 Å². The molecule has 0 saturated carbocycles. The van der Waals surface area contributed by atoms with Gasteiger partial charge in [-0.2, -0.15) is 5.26 Å². The molecule has 0 spiro atoms. The van der Waals surface area contributed by atoms with Crippen LogP contribution in [0.3, 0.4) is 0 Å². The van der Waals surface area contributed by atoms with Crippen LogP contribution in [-0.4, -0.2) is 9.13 Å². The van der Waals surface area contributed by atoms with Gasteiger partial charge in [-0.25, -0.2) is 0 Å². The first-order valence-electron chi connectivity index (χ1n) is 20.1. The van der Waals surface area contributed by atoms with Crippen molar-refractivity contribution in [2.24, 2.45) is 0 Å². The lowest BCUT2D eigenvalue weighted by Gasteiger charge is -2.23. The molecule has 0 saturated heterocycles. The molecule has 0 radical (unpaired) electrons. The molecule has 0 aliphatic rings. The Morgan fingerprint density at radius 1 is 0.393 bits per heavy atom. The van der Waals surface area contributed by atoms with Gasteiger partial charge in [0.05, 0.1) is 45.1 Å². The van der Waals surface area contributed by atoms with E-state index >= 15 is 0 Å². The van der Waals surface area contributed by atoms with Crippen molar-refractivity contribution in [3.63, 3.8) is 0 Å². The fourth-order valence-electron chi connectivity index (χ4n) is 8.34. The van der Waals surface area contributed by atoms with Crippen LogP contribution >= 0.6 is 0 Å². The van der Waals surface area contributed by atoms with E-state index in [1.54, 1.807) is 0 Å². The van der Waals surface area contributed by atoms with Crippen LogP contribution in [-0.2, 0) is 21.7 Å². The third kappa shape index (κ3) is 6.21. The highest BCUT2D eigenvalue weighted by molar-refractivity contribution is 6.12. The summed E-state index contributed by atoms with van der Waals surface area (Å²) >= 11 is 0. The summed E-state index contributed by atoms with van der Waals surface area (Å²) in [6.45, 7) is 27.5. The highest BCUT2D eigenvalue weighted by atomic mass is 15.0. The van der Waals surface area contributed by atoms with Crippen molar-refractivity contribution in [2.75, 3.05) is 0 Å². The molecule has 0 amide bonds. The lowest BCUT2D eigenvalue weighted by atomic mass is 9.85. The Hall–Kier alpha value is -5.59. The summed E-state index contributed by atoms with van der Waals surface area (Å²) in [5.74, 6) is 0. The Kier molecular flexibility index (Phi) is 8.48. The molecule has 8 rings (SSSR count). The highest BCUT2D eigenvalue weighted by Crippen LogP contribution is 2.44. The number of rotatable bonds is 3. The van der Waals surface area contributed by atoms with Crippen LogP contribution in [0.4, 0.5) is 0 Å². The van der Waals surface area contributed by atoms with Gasteiger partial charge < -0.3 is 9.13 Å². The fraction of sp³-hybridized carbons (Fsp3) is 0.302. The van der Waals surface area contributed by atoms with Gasteiger partial charge in [-0.15, -0.1) is 0 Å². The van der Waals surface area contributed by atoms with Crippen LogP contribution in [0.25, 0.3) is 66.1 Å². The number of benzene rings is 6. The molecule has 0 atom stereocenters. The number of hydrogen-bond donors (Lipinski definition) is 0. The number of nitriles is 1. The molecule has 282 valence electrons. The van der Waals surface area contributed by atoms with Gasteiger partial charge in [0.15, 0.2) is 0 Å². The van der Waals surface area contributed by atoms with E-state index in [1.807, 2.05) is 12.1 Å². The predicted molar refractivity (Wildman–Crippen MR) is 240 cm³/mol. The van der Waals surface area contributed by atoms with Crippen LogP contribution in [0.1, 0.15) is 111 Å². The summed E-state index contributed by atoms with van der Waals surface area (Å²) < 4.78 is 4.99. The van der Waals surface area contributed by atoms with Crippen molar-refractivity contribution < 1.29 is 0 Å². The van der Waals surface area contributed by atoms with Crippen molar-refractivity contribution in [1.29, 1.82) is 5.26 Å². The maximum absolute atomic E-state index is 9.87. The highest BCUT2D eigenvalue weighted by Gasteiger charge is 2.26. The number of fused-ring (bicyclic) bond motifs is 6. The molecule has 2 aromatic heterocycles. The normalized spacial score (nSPS) is 13.0. The molecule has 6 aromatic carbocycles. The first-order chi connectivity index (χ1) is 26.3. The van der Waals surface area contributed by atoms with Gasteiger partial charge in [0, 0.05) is 27.1 Å². The lowest BCUT2D eigenvalue weighted by molar-refractivity contribution is 0.590. The first kappa shape index (κ1) is 37.3. The summed E-state index contributed by atoms with van der Waals surface area (Å²) in [4.78, 5) is 0. The first-order valence-corrected chi connectivity index (χ1v) is 20.1. The molecule has 0 aliphatic heterocycles. The van der Waals surface area contributed by atoms with Crippen molar-refractivity contribution in [2.45, 2.75) is 105 Å². The molecule has 3 heteroatoms. The Morgan fingerprint density at radius 2 is 0.768 bits per heavy atom. The van der Waals surface area contributed by atoms with Gasteiger partial charge in [0.25, 0.3) is 0 Å². The zero-order valence-corrected chi connectivity index (χ0v) is 35.3. The molecule has 0 N–H and O–H groups in total. The molecular formula is C53H55N3. The van der Waals surface area contributed by atoms with E-state index in [-0.39, 0.29) is 21.7 Å². The standard InChI is InChI=1S/C53H55N3/c1-50(2,3)35-22-26-43-41(28-35)39-24-20-37(52(7,8)9)30-47(39)55(43)45-14-13-15-46(49(45)34-18-16-33(32-54)17-19-34)56-44-27-23-36(51(4,5)6)29-42(44)40-25-21-38(31-48(40)56)53(10,11)12/h13-31H,1-12H3. The van der Waals surface area contributed by atoms with Crippen molar-refractivity contribution in [3.05, 3.63) is 143 Å². The van der Waals surface area contributed by atoms with E-state index in [0.717, 1.165) is 22.5 Å². The zero-order chi connectivity index (χ0) is 40.1. The van der Waals surface area contributed by atoms with Crippen molar-refractivity contribution >= 4 is 43.6 Å². The molecule has 2 heterocycles. The molecular weight excluding hydrogens is 679 g/mol. The molecule has 0 aliphatic carbocycles. The molecule has 3 nitrogen and oxygen atoms in total. The van der Waals surface area contributed by atoms with E-state index in [0.29, 0.717) is 5.56 Å². The van der Waals surface area contributed by atoms with E-state index in [4.69, 9.17) is 0 Å². The summed E-state index contributed by atoms with van der Waals surface area (Å²) in [6.07, 6.45) is 0. The second-order valence-electron chi connectivity index (χ2n) is 20.0. The third-order valence-electron chi connectivity index (χ3n) is 11.8. The third-order valence-corrected chi connectivity index (χ3v) is 11.8. The molecule has 8 aromatic rings. The Morgan fingerprint density at radius 3 is 1.14 bits per heavy atom. The minimum Gasteiger partial charge on any atom is -0.309 e. The Labute approximate surface area is 333 Å².